The first-order valence-corrected chi connectivity index (χ1v) is 8.25. The number of nitrogens with two attached hydrogens (primary N) is 1. The van der Waals surface area contributed by atoms with Crippen molar-refractivity contribution >= 4 is 15.5 Å². The highest BCUT2D eigenvalue weighted by Crippen LogP contribution is 2.35. The predicted octanol–water partition coefficient (Wildman–Crippen LogP) is 0.290. The number of sulfone groups is 1. The van der Waals surface area contributed by atoms with E-state index in [1.165, 1.54) is 11.8 Å². The molecule has 112 valence electrons. The summed E-state index contributed by atoms with van der Waals surface area (Å²) in [5, 5.41) is 11.6. The molecule has 9 heteroatoms. The van der Waals surface area contributed by atoms with Crippen LogP contribution in [-0.2, 0) is 9.84 Å². The first-order chi connectivity index (χ1) is 10.0. The molecule has 3 rings (SSSR count). The number of benzene rings is 1. The number of tetrazole rings is 1. The van der Waals surface area contributed by atoms with Crippen LogP contribution >= 0.6 is 0 Å². The van der Waals surface area contributed by atoms with E-state index in [0.717, 1.165) is 0 Å². The summed E-state index contributed by atoms with van der Waals surface area (Å²) in [4.78, 5) is 0. The standard InChI is InChI=1S/C12H15N5O3S/c1-20-10-4-2-3-9(13)11(10)12-14-15-16-17(12)8-5-6-21(18,19)7-8/h2-4,8H,5-7,13H2,1H3. The molecule has 0 radical (unpaired) electrons. The molecule has 0 spiro atoms. The maximum atomic E-state index is 11.6. The van der Waals surface area contributed by atoms with E-state index in [1.54, 1.807) is 18.2 Å². The van der Waals surface area contributed by atoms with Crippen molar-refractivity contribution < 1.29 is 13.2 Å². The van der Waals surface area contributed by atoms with Crippen molar-refractivity contribution in [3.05, 3.63) is 18.2 Å². The lowest BCUT2D eigenvalue weighted by atomic mass is 10.1. The molecular formula is C12H15N5O3S. The predicted molar refractivity (Wildman–Crippen MR) is 76.5 cm³/mol. The van der Waals surface area contributed by atoms with Crippen molar-refractivity contribution in [3.8, 4) is 17.1 Å². The first kappa shape index (κ1) is 13.8. The van der Waals surface area contributed by atoms with Crippen LogP contribution in [0.4, 0.5) is 5.69 Å². The van der Waals surface area contributed by atoms with Gasteiger partial charge in [0.2, 0.25) is 0 Å². The Hall–Kier alpha value is -2.16. The highest BCUT2D eigenvalue weighted by Gasteiger charge is 2.32. The second-order valence-corrected chi connectivity index (χ2v) is 7.16. The number of ether oxygens (including phenoxy) is 1. The molecule has 21 heavy (non-hydrogen) atoms. The Bertz CT molecular complexity index is 771. The third kappa shape index (κ3) is 2.44. The zero-order chi connectivity index (χ0) is 15.0. The molecule has 0 aliphatic carbocycles. The maximum Gasteiger partial charge on any atom is 0.188 e. The summed E-state index contributed by atoms with van der Waals surface area (Å²) in [5.74, 6) is 1.16. The van der Waals surface area contributed by atoms with Gasteiger partial charge in [0.05, 0.1) is 30.2 Å². The van der Waals surface area contributed by atoms with Gasteiger partial charge in [-0.3, -0.25) is 0 Å². The minimum atomic E-state index is -3.03. The maximum absolute atomic E-state index is 11.6. The molecule has 1 saturated heterocycles. The van der Waals surface area contributed by atoms with Crippen molar-refractivity contribution in [2.24, 2.45) is 0 Å². The summed E-state index contributed by atoms with van der Waals surface area (Å²) in [6.45, 7) is 0. The number of nitrogen functional groups attached to an aromatic ring is 1. The van der Waals surface area contributed by atoms with Gasteiger partial charge in [-0.05, 0) is 29.0 Å². The van der Waals surface area contributed by atoms with E-state index in [0.29, 0.717) is 29.2 Å². The molecule has 1 aliphatic heterocycles. The summed E-state index contributed by atoms with van der Waals surface area (Å²) in [6.07, 6.45) is 0.495. The SMILES string of the molecule is COc1cccc(N)c1-c1nnnn1C1CCS(=O)(=O)C1. The fourth-order valence-corrected chi connectivity index (χ4v) is 4.22. The first-order valence-electron chi connectivity index (χ1n) is 6.43. The van der Waals surface area contributed by atoms with E-state index < -0.39 is 9.84 Å². The largest absolute Gasteiger partial charge is 0.496 e. The third-order valence-electron chi connectivity index (χ3n) is 3.55. The lowest BCUT2D eigenvalue weighted by molar-refractivity contribution is 0.415. The van der Waals surface area contributed by atoms with E-state index in [4.69, 9.17) is 10.5 Å². The number of aromatic nitrogens is 4. The van der Waals surface area contributed by atoms with Crippen molar-refractivity contribution in [3.63, 3.8) is 0 Å². The van der Waals surface area contributed by atoms with Crippen molar-refractivity contribution in [1.29, 1.82) is 0 Å². The number of hydrogen-bond acceptors (Lipinski definition) is 7. The number of anilines is 1. The Morgan fingerprint density at radius 1 is 1.43 bits per heavy atom. The van der Waals surface area contributed by atoms with Gasteiger partial charge in [-0.2, -0.15) is 0 Å². The Kier molecular flexibility index (Phi) is 3.28. The average Bonchev–Trinajstić information content (AvgIpc) is 3.04. The van der Waals surface area contributed by atoms with Crippen LogP contribution in [0.1, 0.15) is 12.5 Å². The van der Waals surface area contributed by atoms with Crippen LogP contribution in [0, 0.1) is 0 Å². The van der Waals surface area contributed by atoms with Gasteiger partial charge in [0.15, 0.2) is 15.7 Å². The number of nitrogens with zero attached hydrogens (tertiary/aromatic N) is 4. The van der Waals surface area contributed by atoms with Gasteiger partial charge in [-0.25, -0.2) is 13.1 Å². The van der Waals surface area contributed by atoms with Gasteiger partial charge in [0.25, 0.3) is 0 Å². The molecule has 1 aromatic carbocycles. The lowest BCUT2D eigenvalue weighted by Crippen LogP contribution is -2.14. The van der Waals surface area contributed by atoms with E-state index in [1.807, 2.05) is 0 Å². The second-order valence-electron chi connectivity index (χ2n) is 4.93. The van der Waals surface area contributed by atoms with Crippen molar-refractivity contribution in [1.82, 2.24) is 20.2 Å². The van der Waals surface area contributed by atoms with E-state index in [9.17, 15) is 8.42 Å². The van der Waals surface area contributed by atoms with Crippen LogP contribution in [0.15, 0.2) is 18.2 Å². The number of hydrogen-bond donors (Lipinski definition) is 1. The highest BCUT2D eigenvalue weighted by molar-refractivity contribution is 7.91. The van der Waals surface area contributed by atoms with E-state index >= 15 is 0 Å². The van der Waals surface area contributed by atoms with E-state index in [-0.39, 0.29) is 17.5 Å². The normalized spacial score (nSPS) is 20.5. The van der Waals surface area contributed by atoms with Crippen LogP contribution < -0.4 is 10.5 Å². The smallest absolute Gasteiger partial charge is 0.188 e. The number of rotatable bonds is 3. The molecule has 1 atom stereocenters. The quantitative estimate of drug-likeness (QED) is 0.811. The van der Waals surface area contributed by atoms with Crippen LogP contribution in [0.3, 0.4) is 0 Å². The Morgan fingerprint density at radius 3 is 2.90 bits per heavy atom. The van der Waals surface area contributed by atoms with Gasteiger partial charge in [0.1, 0.15) is 5.75 Å². The molecule has 0 amide bonds. The highest BCUT2D eigenvalue weighted by atomic mass is 32.2. The molecule has 1 fully saturated rings. The fraction of sp³-hybridized carbons (Fsp3) is 0.417. The Morgan fingerprint density at radius 2 is 2.24 bits per heavy atom. The fourth-order valence-electron chi connectivity index (χ4n) is 2.53. The minimum absolute atomic E-state index is 0.0418. The molecule has 2 aromatic rings. The minimum Gasteiger partial charge on any atom is -0.496 e. The summed E-state index contributed by atoms with van der Waals surface area (Å²) < 4.78 is 30.1. The topological polar surface area (TPSA) is 113 Å². The zero-order valence-corrected chi connectivity index (χ0v) is 12.2. The Balaban J connectivity index is 2.08. The molecule has 0 saturated carbocycles. The zero-order valence-electron chi connectivity index (χ0n) is 11.4. The third-order valence-corrected chi connectivity index (χ3v) is 5.30. The molecule has 1 unspecified atom stereocenters. The average molecular weight is 309 g/mol. The summed E-state index contributed by atoms with van der Waals surface area (Å²) in [5.41, 5.74) is 7.06. The van der Waals surface area contributed by atoms with E-state index in [2.05, 4.69) is 15.5 Å². The van der Waals surface area contributed by atoms with Gasteiger partial charge in [-0.15, -0.1) is 5.10 Å². The van der Waals surface area contributed by atoms with Gasteiger partial charge >= 0.3 is 0 Å². The molecule has 8 nitrogen and oxygen atoms in total. The molecule has 2 heterocycles. The monoisotopic (exact) mass is 309 g/mol. The second kappa shape index (κ2) is 4.99. The molecule has 0 bridgehead atoms. The van der Waals surface area contributed by atoms with Crippen molar-refractivity contribution in [2.45, 2.75) is 12.5 Å². The summed E-state index contributed by atoms with van der Waals surface area (Å²) >= 11 is 0. The summed E-state index contributed by atoms with van der Waals surface area (Å²) in [7, 11) is -1.49. The molecular weight excluding hydrogens is 294 g/mol. The number of methoxy groups -OCH3 is 1. The Labute approximate surface area is 121 Å². The van der Waals surface area contributed by atoms with Gasteiger partial charge in [-0.1, -0.05) is 6.07 Å². The molecule has 2 N–H and O–H groups in total. The summed E-state index contributed by atoms with van der Waals surface area (Å²) in [6, 6.07) is 4.98. The van der Waals surface area contributed by atoms with Crippen molar-refractivity contribution in [2.75, 3.05) is 24.3 Å². The molecule has 1 aliphatic rings. The van der Waals surface area contributed by atoms with Gasteiger partial charge in [0, 0.05) is 5.69 Å². The van der Waals surface area contributed by atoms with Gasteiger partial charge < -0.3 is 10.5 Å². The van der Waals surface area contributed by atoms with Crippen LogP contribution in [-0.4, -0.2) is 47.2 Å². The molecule has 1 aromatic heterocycles. The van der Waals surface area contributed by atoms with Crippen LogP contribution in [0.25, 0.3) is 11.4 Å². The van der Waals surface area contributed by atoms with Crippen LogP contribution in [0.2, 0.25) is 0 Å². The van der Waals surface area contributed by atoms with Crippen LogP contribution in [0.5, 0.6) is 5.75 Å². The lowest BCUT2D eigenvalue weighted by Gasteiger charge is -2.14.